The van der Waals surface area contributed by atoms with Gasteiger partial charge >= 0.3 is 18.9 Å². The van der Waals surface area contributed by atoms with Crippen molar-refractivity contribution in [1.29, 1.82) is 0 Å². The molecule has 0 aromatic carbocycles. The zero-order valence-corrected chi connectivity index (χ0v) is 15.9. The fourth-order valence-corrected chi connectivity index (χ4v) is 3.54. The van der Waals surface area contributed by atoms with Gasteiger partial charge in [0.2, 0.25) is 0 Å². The molecule has 0 spiro atoms. The summed E-state index contributed by atoms with van der Waals surface area (Å²) in [6.07, 6.45) is 3.33. The summed E-state index contributed by atoms with van der Waals surface area (Å²) in [5.74, 6) is 9.56. The van der Waals surface area contributed by atoms with Gasteiger partial charge < -0.3 is 5.82 Å². The van der Waals surface area contributed by atoms with Crippen LogP contribution < -0.4 is 18.9 Å². The summed E-state index contributed by atoms with van der Waals surface area (Å²) in [5, 5.41) is 0. The Kier molecular flexibility index (Phi) is 10.4. The van der Waals surface area contributed by atoms with Gasteiger partial charge in [0.1, 0.15) is 0 Å². The SMILES string of the molecule is CC(C)C[B-](C#CC(C)(C)C)(CC(C)C)CC(C)C.[Li+]. The van der Waals surface area contributed by atoms with Crippen LogP contribution in [0.5, 0.6) is 0 Å². The molecule has 0 aliphatic rings. The van der Waals surface area contributed by atoms with Gasteiger partial charge in [0.15, 0.2) is 0 Å². The summed E-state index contributed by atoms with van der Waals surface area (Å²) in [6.45, 7) is 20.7. The predicted octanol–water partition coefficient (Wildman–Crippen LogP) is 3.00. The molecule has 112 valence electrons. The van der Waals surface area contributed by atoms with E-state index in [1.807, 2.05) is 0 Å². The van der Waals surface area contributed by atoms with Gasteiger partial charge in [0.25, 0.3) is 0 Å². The first-order valence-corrected chi connectivity index (χ1v) is 8.20. The van der Waals surface area contributed by atoms with Crippen molar-refractivity contribution in [1.82, 2.24) is 0 Å². The molecular weight excluding hydrogens is 234 g/mol. The van der Waals surface area contributed by atoms with E-state index in [4.69, 9.17) is 0 Å². The van der Waals surface area contributed by atoms with E-state index in [0.717, 1.165) is 17.8 Å². The van der Waals surface area contributed by atoms with Crippen molar-refractivity contribution in [3.8, 4) is 11.7 Å². The van der Waals surface area contributed by atoms with Gasteiger partial charge in [0, 0.05) is 5.41 Å². The van der Waals surface area contributed by atoms with Gasteiger partial charge in [-0.05, 0) is 20.8 Å². The maximum Gasteiger partial charge on any atom is 1.00 e. The van der Waals surface area contributed by atoms with Gasteiger partial charge in [-0.3, -0.25) is 0 Å². The first-order chi connectivity index (χ1) is 8.46. The van der Waals surface area contributed by atoms with E-state index in [9.17, 15) is 0 Å². The Morgan fingerprint density at radius 1 is 0.750 bits per heavy atom. The zero-order chi connectivity index (χ0) is 15.3. The van der Waals surface area contributed by atoms with Crippen molar-refractivity contribution in [3.05, 3.63) is 0 Å². The fourth-order valence-electron chi connectivity index (χ4n) is 3.54. The third kappa shape index (κ3) is 10.9. The van der Waals surface area contributed by atoms with Crippen molar-refractivity contribution >= 4 is 6.15 Å². The van der Waals surface area contributed by atoms with Gasteiger partial charge in [-0.1, -0.05) is 59.3 Å². The molecule has 20 heavy (non-hydrogen) atoms. The standard InChI is InChI=1S/C18H36B.Li/c1-15(2)12-19(13-16(3)4,14-17(5)6)11-10-18(7,8)9;/h15-17H,12-14H2,1-9H3;/q-1;+1. The summed E-state index contributed by atoms with van der Waals surface area (Å²) in [7, 11) is 0. The summed E-state index contributed by atoms with van der Waals surface area (Å²) in [6, 6.07) is 0. The Morgan fingerprint density at radius 2 is 1.05 bits per heavy atom. The van der Waals surface area contributed by atoms with Crippen LogP contribution in [0.15, 0.2) is 0 Å². The minimum Gasteiger partial charge on any atom is -0.314 e. The zero-order valence-electron chi connectivity index (χ0n) is 15.9. The molecule has 0 atom stereocenters. The van der Waals surface area contributed by atoms with E-state index in [-0.39, 0.29) is 24.3 Å². The molecule has 0 fully saturated rings. The van der Waals surface area contributed by atoms with Gasteiger partial charge in [0.05, 0.1) is 6.15 Å². The summed E-state index contributed by atoms with van der Waals surface area (Å²) in [4.78, 5) is 0. The molecule has 0 rings (SSSR count). The molecule has 0 N–H and O–H groups in total. The third-order valence-electron chi connectivity index (χ3n) is 3.52. The van der Waals surface area contributed by atoms with Crippen LogP contribution in [0.25, 0.3) is 0 Å². The molecule has 0 unspecified atom stereocenters. The van der Waals surface area contributed by atoms with E-state index in [1.54, 1.807) is 0 Å². The molecule has 0 aliphatic heterocycles. The van der Waals surface area contributed by atoms with Crippen molar-refractivity contribution in [2.45, 2.75) is 81.3 Å². The molecule has 2 heteroatoms. The van der Waals surface area contributed by atoms with Crippen LogP contribution >= 0.6 is 0 Å². The van der Waals surface area contributed by atoms with Crippen LogP contribution in [0.2, 0.25) is 19.0 Å². The van der Waals surface area contributed by atoms with Crippen LogP contribution in [0.1, 0.15) is 62.3 Å². The van der Waals surface area contributed by atoms with Crippen LogP contribution in [0.3, 0.4) is 0 Å². The molecule has 0 heterocycles. The van der Waals surface area contributed by atoms with Crippen molar-refractivity contribution < 1.29 is 18.9 Å². The quantitative estimate of drug-likeness (QED) is 0.514. The first-order valence-electron chi connectivity index (χ1n) is 8.20. The monoisotopic (exact) mass is 270 g/mol. The second-order valence-electron chi connectivity index (χ2n) is 8.89. The maximum absolute atomic E-state index is 3.78. The number of hydrogen-bond acceptors (Lipinski definition) is 0. The average Bonchev–Trinajstić information content (AvgIpc) is 2.09. The Labute approximate surface area is 141 Å². The predicted molar refractivity (Wildman–Crippen MR) is 91.9 cm³/mol. The fraction of sp³-hybridized carbons (Fsp3) is 0.889. The smallest absolute Gasteiger partial charge is 0.314 e. The average molecular weight is 270 g/mol. The van der Waals surface area contributed by atoms with E-state index in [0.29, 0.717) is 0 Å². The van der Waals surface area contributed by atoms with Crippen molar-refractivity contribution in [3.63, 3.8) is 0 Å². The van der Waals surface area contributed by atoms with Crippen LogP contribution in [0.4, 0.5) is 0 Å². The summed E-state index contributed by atoms with van der Waals surface area (Å²) >= 11 is 0. The minimum absolute atomic E-state index is 0. The van der Waals surface area contributed by atoms with Crippen LogP contribution in [-0.2, 0) is 0 Å². The topological polar surface area (TPSA) is 0 Å². The molecule has 0 radical (unpaired) electrons. The first kappa shape index (κ1) is 22.5. The number of hydrogen-bond donors (Lipinski definition) is 0. The van der Waals surface area contributed by atoms with Crippen LogP contribution in [-0.4, -0.2) is 6.15 Å². The molecule has 0 aromatic rings. The Balaban J connectivity index is 0. The van der Waals surface area contributed by atoms with Crippen molar-refractivity contribution in [2.24, 2.45) is 23.2 Å². The van der Waals surface area contributed by atoms with Gasteiger partial charge in [-0.15, -0.1) is 5.92 Å². The summed E-state index contributed by atoms with van der Waals surface area (Å²) < 4.78 is 0. The Bertz CT molecular complexity index is 286. The third-order valence-corrected chi connectivity index (χ3v) is 3.52. The van der Waals surface area contributed by atoms with Gasteiger partial charge in [-0.25, -0.2) is 0 Å². The van der Waals surface area contributed by atoms with Gasteiger partial charge in [-0.2, -0.15) is 19.0 Å². The summed E-state index contributed by atoms with van der Waals surface area (Å²) in [5.41, 5.74) is 0.123. The molecule has 0 amide bonds. The second-order valence-corrected chi connectivity index (χ2v) is 8.89. The molecule has 0 nitrogen and oxygen atoms in total. The number of rotatable bonds is 6. The van der Waals surface area contributed by atoms with E-state index >= 15 is 0 Å². The van der Waals surface area contributed by atoms with Crippen molar-refractivity contribution in [2.75, 3.05) is 0 Å². The Hall–Kier alpha value is 0.222. The molecule has 0 bridgehead atoms. The molecule has 0 saturated heterocycles. The maximum atomic E-state index is 3.78. The van der Waals surface area contributed by atoms with Crippen LogP contribution in [0, 0.1) is 34.9 Å². The van der Waals surface area contributed by atoms with E-state index in [2.05, 4.69) is 74.1 Å². The largest absolute Gasteiger partial charge is 1.00 e. The molecule has 0 aromatic heterocycles. The molecule has 0 saturated carbocycles. The Morgan fingerprint density at radius 3 is 1.25 bits per heavy atom. The second kappa shape index (κ2) is 9.28. The minimum atomic E-state index is -0.538. The molecular formula is C18H36BLi. The van der Waals surface area contributed by atoms with E-state index in [1.165, 1.54) is 19.0 Å². The normalized spacial score (nSPS) is 12.4. The molecule has 0 aliphatic carbocycles. The van der Waals surface area contributed by atoms with E-state index < -0.39 is 6.15 Å².